The van der Waals surface area contributed by atoms with Crippen LogP contribution in [0.5, 0.6) is 0 Å². The third kappa shape index (κ3) is 3.53. The minimum Gasteiger partial charge on any atom is -0.325 e. The Balaban J connectivity index is 1.58. The van der Waals surface area contributed by atoms with Crippen molar-refractivity contribution in [3.8, 4) is 0 Å². The Hall–Kier alpha value is -3.42. The van der Waals surface area contributed by atoms with E-state index in [0.29, 0.717) is 23.6 Å². The van der Waals surface area contributed by atoms with Crippen LogP contribution in [0.25, 0.3) is 16.7 Å². The van der Waals surface area contributed by atoms with Gasteiger partial charge in [0.15, 0.2) is 5.82 Å². The van der Waals surface area contributed by atoms with Crippen LogP contribution in [0.15, 0.2) is 59.6 Å². The molecule has 1 amide bonds. The molecule has 2 heterocycles. The Bertz CT molecular complexity index is 1090. The van der Waals surface area contributed by atoms with E-state index in [4.69, 9.17) is 0 Å². The first-order valence-corrected chi connectivity index (χ1v) is 8.57. The fourth-order valence-electron chi connectivity index (χ4n) is 3.03. The summed E-state index contributed by atoms with van der Waals surface area (Å²) >= 11 is 0. The van der Waals surface area contributed by atoms with E-state index in [0.717, 1.165) is 23.2 Å². The zero-order valence-corrected chi connectivity index (χ0v) is 14.6. The Labute approximate surface area is 158 Å². The molecule has 1 aliphatic rings. The molecule has 0 radical (unpaired) electrons. The average molecular weight is 384 g/mol. The van der Waals surface area contributed by atoms with Crippen LogP contribution in [-0.4, -0.2) is 21.7 Å². The largest absolute Gasteiger partial charge is 0.416 e. The Kier molecular flexibility index (Phi) is 4.46. The van der Waals surface area contributed by atoms with Crippen LogP contribution in [0.3, 0.4) is 0 Å². The minimum atomic E-state index is -4.41. The number of carbonyl (C=O) groups excluding carboxylic acids is 1. The van der Waals surface area contributed by atoms with Crippen molar-refractivity contribution < 1.29 is 18.0 Å². The number of anilines is 1. The number of halogens is 3. The lowest BCUT2D eigenvalue weighted by Crippen LogP contribution is -2.20. The molecular formula is C20H15F3N4O. The van der Waals surface area contributed by atoms with E-state index in [-0.39, 0.29) is 12.5 Å². The molecular weight excluding hydrogens is 369 g/mol. The van der Waals surface area contributed by atoms with Gasteiger partial charge < -0.3 is 9.88 Å². The number of nitrogens with one attached hydrogen (secondary N) is 1. The number of alkyl halides is 3. The van der Waals surface area contributed by atoms with Gasteiger partial charge in [0.1, 0.15) is 12.2 Å². The second-order valence-electron chi connectivity index (χ2n) is 6.27. The lowest BCUT2D eigenvalue weighted by atomic mass is 10.2. The standard InChI is InChI=1S/C20H15F3N4O/c21-20(22,23)13-7-9-14(10-8-13)25-18(28)12-27-17-6-2-1-4-15(17)26-19(27)16-5-3-11-24-16/h1-2,4-11H,3,12H2,(H,25,28). The number of para-hydroxylation sites is 2. The molecule has 142 valence electrons. The molecule has 3 aromatic rings. The number of carbonyl (C=O) groups is 1. The highest BCUT2D eigenvalue weighted by atomic mass is 19.4. The number of benzene rings is 2. The second-order valence-corrected chi connectivity index (χ2v) is 6.27. The number of allylic oxidation sites excluding steroid dienone is 1. The van der Waals surface area contributed by atoms with Gasteiger partial charge in [-0.2, -0.15) is 13.2 Å². The third-order valence-electron chi connectivity index (χ3n) is 4.33. The summed E-state index contributed by atoms with van der Waals surface area (Å²) in [5.74, 6) is 0.212. The van der Waals surface area contributed by atoms with E-state index in [9.17, 15) is 18.0 Å². The maximum atomic E-state index is 12.7. The topological polar surface area (TPSA) is 59.3 Å². The van der Waals surface area contributed by atoms with E-state index < -0.39 is 11.7 Å². The fraction of sp³-hybridized carbons (Fsp3) is 0.150. The van der Waals surface area contributed by atoms with Gasteiger partial charge >= 0.3 is 6.18 Å². The molecule has 28 heavy (non-hydrogen) atoms. The van der Waals surface area contributed by atoms with Crippen LogP contribution in [0.2, 0.25) is 0 Å². The van der Waals surface area contributed by atoms with E-state index in [1.165, 1.54) is 12.1 Å². The van der Waals surface area contributed by atoms with Crippen LogP contribution in [0, 0.1) is 0 Å². The molecule has 0 spiro atoms. The number of rotatable bonds is 4. The Morgan fingerprint density at radius 3 is 2.54 bits per heavy atom. The number of amides is 1. The molecule has 0 unspecified atom stereocenters. The zero-order valence-electron chi connectivity index (χ0n) is 14.6. The molecule has 2 aromatic carbocycles. The lowest BCUT2D eigenvalue weighted by Gasteiger charge is -2.11. The predicted octanol–water partition coefficient (Wildman–Crippen LogP) is 4.51. The van der Waals surface area contributed by atoms with E-state index >= 15 is 0 Å². The van der Waals surface area contributed by atoms with Gasteiger partial charge in [0, 0.05) is 18.3 Å². The SMILES string of the molecule is O=C(Cn1c(C2=CCC=N2)nc2ccccc21)Nc1ccc(C(F)(F)F)cc1. The Morgan fingerprint density at radius 1 is 1.11 bits per heavy atom. The van der Waals surface area contributed by atoms with Gasteiger partial charge in [0.2, 0.25) is 5.91 Å². The van der Waals surface area contributed by atoms with Gasteiger partial charge in [0.25, 0.3) is 0 Å². The molecule has 1 aliphatic heterocycles. The average Bonchev–Trinajstić information content (AvgIpc) is 3.30. The summed E-state index contributed by atoms with van der Waals surface area (Å²) in [6.45, 7) is -0.0380. The molecule has 8 heteroatoms. The van der Waals surface area contributed by atoms with Gasteiger partial charge in [-0.05, 0) is 42.5 Å². The molecule has 0 aliphatic carbocycles. The Morgan fingerprint density at radius 2 is 1.86 bits per heavy atom. The molecule has 0 saturated carbocycles. The van der Waals surface area contributed by atoms with E-state index in [1.54, 1.807) is 10.8 Å². The maximum Gasteiger partial charge on any atom is 0.416 e. The monoisotopic (exact) mass is 384 g/mol. The first-order valence-electron chi connectivity index (χ1n) is 8.57. The minimum absolute atomic E-state index is 0.0380. The van der Waals surface area contributed by atoms with Crippen LogP contribution in [0.4, 0.5) is 18.9 Å². The summed E-state index contributed by atoms with van der Waals surface area (Å²) < 4.78 is 39.7. The van der Waals surface area contributed by atoms with Crippen LogP contribution in [0.1, 0.15) is 17.8 Å². The highest BCUT2D eigenvalue weighted by Gasteiger charge is 2.30. The molecule has 0 fully saturated rings. The highest BCUT2D eigenvalue weighted by molar-refractivity contribution is 5.92. The van der Waals surface area contributed by atoms with Crippen molar-refractivity contribution in [3.05, 3.63) is 66.0 Å². The number of aliphatic imine (C=N–C) groups is 1. The number of hydrogen-bond acceptors (Lipinski definition) is 3. The number of aromatic nitrogens is 2. The fourth-order valence-corrected chi connectivity index (χ4v) is 3.03. The van der Waals surface area contributed by atoms with Crippen LogP contribution >= 0.6 is 0 Å². The van der Waals surface area contributed by atoms with Crippen molar-refractivity contribution in [2.45, 2.75) is 19.1 Å². The summed E-state index contributed by atoms with van der Waals surface area (Å²) in [4.78, 5) is 21.4. The van der Waals surface area contributed by atoms with Crippen molar-refractivity contribution in [3.63, 3.8) is 0 Å². The van der Waals surface area contributed by atoms with Crippen LogP contribution in [-0.2, 0) is 17.5 Å². The number of nitrogens with zero attached hydrogens (tertiary/aromatic N) is 3. The second kappa shape index (κ2) is 6.95. The van der Waals surface area contributed by atoms with E-state index in [1.807, 2.05) is 30.3 Å². The predicted molar refractivity (Wildman–Crippen MR) is 101 cm³/mol. The smallest absolute Gasteiger partial charge is 0.325 e. The van der Waals surface area contributed by atoms with Gasteiger partial charge in [0.05, 0.1) is 16.6 Å². The van der Waals surface area contributed by atoms with Crippen molar-refractivity contribution in [2.24, 2.45) is 4.99 Å². The van der Waals surface area contributed by atoms with Crippen molar-refractivity contribution in [2.75, 3.05) is 5.32 Å². The van der Waals surface area contributed by atoms with E-state index in [2.05, 4.69) is 15.3 Å². The summed E-state index contributed by atoms with van der Waals surface area (Å²) in [6, 6.07) is 11.8. The molecule has 0 bridgehead atoms. The maximum absolute atomic E-state index is 12.7. The van der Waals surface area contributed by atoms with Crippen molar-refractivity contribution in [1.29, 1.82) is 0 Å². The molecule has 0 saturated heterocycles. The molecule has 1 aromatic heterocycles. The number of fused-ring (bicyclic) bond motifs is 1. The first-order chi connectivity index (χ1) is 13.4. The molecule has 1 N–H and O–H groups in total. The number of hydrogen-bond donors (Lipinski definition) is 1. The summed E-state index contributed by atoms with van der Waals surface area (Å²) in [5, 5.41) is 2.63. The molecule has 0 atom stereocenters. The highest BCUT2D eigenvalue weighted by Crippen LogP contribution is 2.30. The van der Waals surface area contributed by atoms with Gasteiger partial charge in [-0.25, -0.2) is 4.98 Å². The quantitative estimate of drug-likeness (QED) is 0.720. The lowest BCUT2D eigenvalue weighted by molar-refractivity contribution is -0.137. The summed E-state index contributed by atoms with van der Waals surface area (Å²) in [6.07, 6.45) is -0.0221. The molecule has 4 rings (SSSR count). The number of imidazole rings is 1. The third-order valence-corrected chi connectivity index (χ3v) is 4.33. The summed E-state index contributed by atoms with van der Waals surface area (Å²) in [5.41, 5.74) is 1.74. The van der Waals surface area contributed by atoms with Crippen LogP contribution < -0.4 is 5.32 Å². The van der Waals surface area contributed by atoms with Gasteiger partial charge in [-0.1, -0.05) is 12.1 Å². The van der Waals surface area contributed by atoms with Crippen molar-refractivity contribution in [1.82, 2.24) is 9.55 Å². The normalized spacial score (nSPS) is 13.8. The summed E-state index contributed by atoms with van der Waals surface area (Å²) in [7, 11) is 0. The van der Waals surface area contributed by atoms with Crippen molar-refractivity contribution >= 4 is 34.5 Å². The van der Waals surface area contributed by atoms with Gasteiger partial charge in [-0.3, -0.25) is 9.79 Å². The zero-order chi connectivity index (χ0) is 19.7. The first kappa shape index (κ1) is 18.0. The molecule has 5 nitrogen and oxygen atoms in total. The van der Waals surface area contributed by atoms with Gasteiger partial charge in [-0.15, -0.1) is 0 Å².